The fourth-order valence-corrected chi connectivity index (χ4v) is 2.79. The Labute approximate surface area is 117 Å². The van der Waals surface area contributed by atoms with Crippen LogP contribution in [-0.4, -0.2) is 40.6 Å². The van der Waals surface area contributed by atoms with Crippen LogP contribution in [0.2, 0.25) is 0 Å². The molecule has 2 rings (SSSR count). The lowest BCUT2D eigenvalue weighted by Crippen LogP contribution is -2.23. The molecule has 0 saturated carbocycles. The molecule has 0 bridgehead atoms. The van der Waals surface area contributed by atoms with Crippen molar-refractivity contribution in [3.63, 3.8) is 0 Å². The van der Waals surface area contributed by atoms with Crippen molar-refractivity contribution in [2.45, 2.75) is 46.6 Å². The average molecular weight is 264 g/mol. The predicted molar refractivity (Wildman–Crippen MR) is 80.6 cm³/mol. The van der Waals surface area contributed by atoms with Gasteiger partial charge in [-0.1, -0.05) is 20.3 Å². The Hall–Kier alpha value is -1.03. The number of nitrogens with zero attached hydrogens (tertiary/aromatic N) is 3. The fourth-order valence-electron chi connectivity index (χ4n) is 2.79. The summed E-state index contributed by atoms with van der Waals surface area (Å²) in [6.45, 7) is 12.4. The van der Waals surface area contributed by atoms with Gasteiger partial charge in [0.2, 0.25) is 5.95 Å². The van der Waals surface area contributed by atoms with Crippen molar-refractivity contribution in [1.29, 1.82) is 0 Å². The first-order valence-electron chi connectivity index (χ1n) is 7.73. The van der Waals surface area contributed by atoms with Crippen molar-refractivity contribution < 1.29 is 0 Å². The summed E-state index contributed by atoms with van der Waals surface area (Å²) < 4.78 is 2.27. The van der Waals surface area contributed by atoms with Gasteiger partial charge in [-0.3, -0.25) is 0 Å². The van der Waals surface area contributed by atoms with Crippen molar-refractivity contribution in [2.75, 3.05) is 31.5 Å². The molecular formula is C15H28N4. The van der Waals surface area contributed by atoms with Gasteiger partial charge in [-0.05, 0) is 38.8 Å². The van der Waals surface area contributed by atoms with E-state index in [1.165, 1.54) is 38.9 Å². The lowest BCUT2D eigenvalue weighted by atomic mass is 10.1. The highest BCUT2D eigenvalue weighted by molar-refractivity contribution is 5.28. The lowest BCUT2D eigenvalue weighted by molar-refractivity contribution is 0.344. The van der Waals surface area contributed by atoms with Gasteiger partial charge in [0.15, 0.2) is 0 Å². The Morgan fingerprint density at radius 1 is 1.42 bits per heavy atom. The van der Waals surface area contributed by atoms with E-state index in [0.717, 1.165) is 30.6 Å². The highest BCUT2D eigenvalue weighted by atomic mass is 15.2. The zero-order chi connectivity index (χ0) is 13.7. The minimum Gasteiger partial charge on any atom is -0.355 e. The van der Waals surface area contributed by atoms with Crippen molar-refractivity contribution >= 4 is 5.95 Å². The van der Waals surface area contributed by atoms with E-state index in [1.807, 2.05) is 0 Å². The topological polar surface area (TPSA) is 33.1 Å². The summed E-state index contributed by atoms with van der Waals surface area (Å²) >= 11 is 0. The first kappa shape index (κ1) is 14.4. The third kappa shape index (κ3) is 3.96. The van der Waals surface area contributed by atoms with E-state index in [9.17, 15) is 0 Å². The van der Waals surface area contributed by atoms with Crippen molar-refractivity contribution in [3.8, 4) is 0 Å². The highest BCUT2D eigenvalue weighted by Crippen LogP contribution is 2.17. The second-order valence-corrected chi connectivity index (χ2v) is 5.68. The van der Waals surface area contributed by atoms with Crippen LogP contribution in [0, 0.1) is 12.8 Å². The monoisotopic (exact) mass is 264 g/mol. The zero-order valence-electron chi connectivity index (χ0n) is 12.7. The van der Waals surface area contributed by atoms with Gasteiger partial charge >= 0.3 is 0 Å². The maximum Gasteiger partial charge on any atom is 0.203 e. The number of hydrogen-bond donors (Lipinski definition) is 1. The molecule has 0 radical (unpaired) electrons. The molecule has 1 aromatic rings. The molecule has 1 unspecified atom stereocenters. The molecule has 1 aromatic heterocycles. The van der Waals surface area contributed by atoms with Crippen LogP contribution in [0.1, 0.15) is 38.8 Å². The second kappa shape index (κ2) is 6.94. The number of rotatable bonds is 7. The summed E-state index contributed by atoms with van der Waals surface area (Å²) in [5, 5.41) is 3.55. The third-order valence-corrected chi connectivity index (χ3v) is 4.02. The summed E-state index contributed by atoms with van der Waals surface area (Å²) in [5.74, 6) is 1.83. The van der Waals surface area contributed by atoms with Crippen LogP contribution in [0.15, 0.2) is 6.20 Å². The summed E-state index contributed by atoms with van der Waals surface area (Å²) in [7, 11) is 0. The molecule has 0 aliphatic carbocycles. The van der Waals surface area contributed by atoms with Crippen LogP contribution in [0.5, 0.6) is 0 Å². The number of hydrogen-bond acceptors (Lipinski definition) is 3. The maximum absolute atomic E-state index is 4.60. The van der Waals surface area contributed by atoms with Crippen LogP contribution < -0.4 is 5.32 Å². The van der Waals surface area contributed by atoms with Gasteiger partial charge < -0.3 is 14.8 Å². The molecule has 0 amide bonds. The first-order valence-corrected chi connectivity index (χ1v) is 7.73. The Balaban J connectivity index is 1.85. The van der Waals surface area contributed by atoms with E-state index in [0.29, 0.717) is 0 Å². The van der Waals surface area contributed by atoms with Crippen molar-refractivity contribution in [3.05, 3.63) is 11.9 Å². The van der Waals surface area contributed by atoms with Crippen LogP contribution in [0.3, 0.4) is 0 Å². The van der Waals surface area contributed by atoms with E-state index in [1.54, 1.807) is 0 Å². The second-order valence-electron chi connectivity index (χ2n) is 5.68. The highest BCUT2D eigenvalue weighted by Gasteiger charge is 2.21. The summed E-state index contributed by atoms with van der Waals surface area (Å²) in [5.41, 5.74) is 1.11. The van der Waals surface area contributed by atoms with E-state index < -0.39 is 0 Å². The molecule has 0 spiro atoms. The predicted octanol–water partition coefficient (Wildman–Crippen LogP) is 2.75. The van der Waals surface area contributed by atoms with Crippen molar-refractivity contribution in [2.24, 2.45) is 5.92 Å². The third-order valence-electron chi connectivity index (χ3n) is 4.02. The maximum atomic E-state index is 4.60. The Morgan fingerprint density at radius 3 is 2.95 bits per heavy atom. The van der Waals surface area contributed by atoms with Crippen LogP contribution >= 0.6 is 0 Å². The Kier molecular flexibility index (Phi) is 5.25. The van der Waals surface area contributed by atoms with Gasteiger partial charge in [0.25, 0.3) is 0 Å². The number of imidazole rings is 1. The molecular weight excluding hydrogens is 236 g/mol. The van der Waals surface area contributed by atoms with Gasteiger partial charge in [0, 0.05) is 25.8 Å². The molecule has 1 fully saturated rings. The minimum absolute atomic E-state index is 0.775. The zero-order valence-corrected chi connectivity index (χ0v) is 12.7. The van der Waals surface area contributed by atoms with Crippen molar-refractivity contribution in [1.82, 2.24) is 14.5 Å². The van der Waals surface area contributed by atoms with Crippen LogP contribution in [0.4, 0.5) is 5.95 Å². The van der Waals surface area contributed by atoms with Gasteiger partial charge in [-0.15, -0.1) is 0 Å². The smallest absolute Gasteiger partial charge is 0.203 e. The van der Waals surface area contributed by atoms with E-state index in [-0.39, 0.29) is 0 Å². The van der Waals surface area contributed by atoms with Gasteiger partial charge in [0.1, 0.15) is 0 Å². The van der Waals surface area contributed by atoms with E-state index in [4.69, 9.17) is 0 Å². The van der Waals surface area contributed by atoms with E-state index in [2.05, 4.69) is 46.7 Å². The SMILES string of the molecule is CCCCn1cc(C)nc1NCC1CCN(CC)C1. The first-order chi connectivity index (χ1) is 9.22. The number of nitrogens with one attached hydrogen (secondary N) is 1. The molecule has 1 N–H and O–H groups in total. The lowest BCUT2D eigenvalue weighted by Gasteiger charge is -2.15. The molecule has 19 heavy (non-hydrogen) atoms. The molecule has 1 aliphatic rings. The largest absolute Gasteiger partial charge is 0.355 e. The Bertz CT molecular complexity index is 385. The fraction of sp³-hybridized carbons (Fsp3) is 0.800. The number of aryl methyl sites for hydroxylation is 2. The quantitative estimate of drug-likeness (QED) is 0.822. The van der Waals surface area contributed by atoms with Crippen LogP contribution in [0.25, 0.3) is 0 Å². The minimum atomic E-state index is 0.775. The molecule has 2 heterocycles. The molecule has 4 nitrogen and oxygen atoms in total. The number of anilines is 1. The molecule has 0 aromatic carbocycles. The standard InChI is InChI=1S/C15H28N4/c1-4-6-8-19-11-13(3)17-15(19)16-10-14-7-9-18(5-2)12-14/h11,14H,4-10,12H2,1-3H3,(H,16,17). The summed E-state index contributed by atoms with van der Waals surface area (Å²) in [4.78, 5) is 7.13. The molecule has 1 saturated heterocycles. The molecule has 1 atom stereocenters. The molecule has 1 aliphatic heterocycles. The van der Waals surface area contributed by atoms with Gasteiger partial charge in [0.05, 0.1) is 5.69 Å². The van der Waals surface area contributed by atoms with Gasteiger partial charge in [-0.2, -0.15) is 0 Å². The summed E-state index contributed by atoms with van der Waals surface area (Å²) in [6.07, 6.45) is 5.92. The van der Waals surface area contributed by atoms with E-state index >= 15 is 0 Å². The number of aromatic nitrogens is 2. The molecule has 108 valence electrons. The number of unbranched alkanes of at least 4 members (excludes halogenated alkanes) is 1. The summed E-state index contributed by atoms with van der Waals surface area (Å²) in [6, 6.07) is 0. The van der Waals surface area contributed by atoms with Crippen LogP contribution in [-0.2, 0) is 6.54 Å². The van der Waals surface area contributed by atoms with Gasteiger partial charge in [-0.25, -0.2) is 4.98 Å². The number of likely N-dealkylation sites (tertiary alicyclic amines) is 1. The normalized spacial score (nSPS) is 20.1. The average Bonchev–Trinajstić information content (AvgIpc) is 3.00. The Morgan fingerprint density at radius 2 is 2.26 bits per heavy atom. The molecule has 4 heteroatoms.